The van der Waals surface area contributed by atoms with Crippen LogP contribution >= 0.6 is 0 Å². The van der Waals surface area contributed by atoms with Gasteiger partial charge >= 0.3 is 0 Å². The Balaban J connectivity index is 2.01. The first-order valence-electron chi connectivity index (χ1n) is 10.3. The number of carbonyl (C=O) groups excluding carboxylic acids is 1. The van der Waals surface area contributed by atoms with E-state index in [9.17, 15) is 13.2 Å². The Labute approximate surface area is 189 Å². The fourth-order valence-corrected chi connectivity index (χ4v) is 5.04. The van der Waals surface area contributed by atoms with Crippen molar-refractivity contribution in [1.29, 1.82) is 0 Å². The Morgan fingerprint density at radius 2 is 1.69 bits per heavy atom. The number of ether oxygens (including phenoxy) is 1. The van der Waals surface area contributed by atoms with Crippen LogP contribution in [0.1, 0.15) is 18.2 Å². The van der Waals surface area contributed by atoms with Crippen molar-refractivity contribution >= 4 is 21.6 Å². The summed E-state index contributed by atoms with van der Waals surface area (Å²) in [4.78, 5) is 19.3. The number of benzene rings is 2. The topological polar surface area (TPSA) is 79.8 Å². The number of likely N-dealkylation sites (N-methyl/N-ethyl adjacent to an activating group) is 1. The van der Waals surface area contributed by atoms with Gasteiger partial charge in [0.05, 0.1) is 29.9 Å². The lowest BCUT2D eigenvalue weighted by Crippen LogP contribution is -2.43. The summed E-state index contributed by atoms with van der Waals surface area (Å²) < 4.78 is 34.0. The maximum absolute atomic E-state index is 13.7. The predicted molar refractivity (Wildman–Crippen MR) is 124 cm³/mol. The Hall–Kier alpha value is -3.39. The smallest absolute Gasteiger partial charge is 0.265 e. The maximum atomic E-state index is 13.7. The number of nitrogens with zero attached hydrogens (tertiary/aromatic N) is 3. The quantitative estimate of drug-likeness (QED) is 0.494. The zero-order valence-corrected chi connectivity index (χ0v) is 19.2. The number of aryl methyl sites for hydroxylation is 1. The largest absolute Gasteiger partial charge is 0.495 e. The lowest BCUT2D eigenvalue weighted by molar-refractivity contribution is -0.130. The van der Waals surface area contributed by atoms with Crippen LogP contribution in [0.4, 0.5) is 5.69 Å². The lowest BCUT2D eigenvalue weighted by Gasteiger charge is -2.29. The molecule has 1 aromatic heterocycles. The number of hydrogen-bond acceptors (Lipinski definition) is 5. The van der Waals surface area contributed by atoms with Crippen molar-refractivity contribution in [2.45, 2.75) is 25.3 Å². The van der Waals surface area contributed by atoms with E-state index in [0.29, 0.717) is 30.1 Å². The SMILES string of the molecule is CCN(Cc1ccccn1)C(=O)CN(c1ccccc1OC)S(=O)(=O)c1ccccc1C. The molecule has 0 spiro atoms. The van der Waals surface area contributed by atoms with Crippen molar-refractivity contribution < 1.29 is 17.9 Å². The van der Waals surface area contributed by atoms with E-state index in [1.807, 2.05) is 19.1 Å². The summed E-state index contributed by atoms with van der Waals surface area (Å²) in [5.41, 5.74) is 1.63. The molecule has 0 unspecified atom stereocenters. The predicted octanol–water partition coefficient (Wildman–Crippen LogP) is 3.64. The van der Waals surface area contributed by atoms with Gasteiger partial charge in [-0.3, -0.25) is 14.1 Å². The summed E-state index contributed by atoms with van der Waals surface area (Å²) in [5, 5.41) is 0. The molecule has 1 amide bonds. The van der Waals surface area contributed by atoms with Crippen molar-refractivity contribution in [1.82, 2.24) is 9.88 Å². The number of para-hydroxylation sites is 2. The van der Waals surface area contributed by atoms with Crippen molar-refractivity contribution in [3.05, 3.63) is 84.2 Å². The van der Waals surface area contributed by atoms with Gasteiger partial charge in [0.15, 0.2) is 0 Å². The third-order valence-corrected chi connectivity index (χ3v) is 7.03. The van der Waals surface area contributed by atoms with Crippen molar-refractivity contribution in [2.24, 2.45) is 0 Å². The summed E-state index contributed by atoms with van der Waals surface area (Å²) in [5.74, 6) is 0.0338. The van der Waals surface area contributed by atoms with Gasteiger partial charge in [-0.2, -0.15) is 0 Å². The normalized spacial score (nSPS) is 11.1. The second-order valence-electron chi connectivity index (χ2n) is 7.18. The van der Waals surface area contributed by atoms with E-state index in [2.05, 4.69) is 4.98 Å². The van der Waals surface area contributed by atoms with Crippen LogP contribution in [0.15, 0.2) is 77.8 Å². The van der Waals surface area contributed by atoms with E-state index < -0.39 is 10.0 Å². The zero-order chi connectivity index (χ0) is 23.1. The monoisotopic (exact) mass is 453 g/mol. The Bertz CT molecular complexity index is 1170. The molecule has 3 rings (SSSR count). The lowest BCUT2D eigenvalue weighted by atomic mass is 10.2. The molecule has 0 aliphatic rings. The molecule has 0 saturated heterocycles. The first-order chi connectivity index (χ1) is 15.4. The first kappa shape index (κ1) is 23.3. The Morgan fingerprint density at radius 1 is 1.00 bits per heavy atom. The van der Waals surface area contributed by atoms with Crippen LogP contribution in [0, 0.1) is 6.92 Å². The highest BCUT2D eigenvalue weighted by molar-refractivity contribution is 7.93. The summed E-state index contributed by atoms with van der Waals surface area (Å²) >= 11 is 0. The molecule has 0 aliphatic heterocycles. The molecule has 168 valence electrons. The molecule has 0 radical (unpaired) electrons. The van der Waals surface area contributed by atoms with Crippen LogP contribution in [0.2, 0.25) is 0 Å². The number of methoxy groups -OCH3 is 1. The Morgan fingerprint density at radius 3 is 2.34 bits per heavy atom. The molecule has 0 fully saturated rings. The van der Waals surface area contributed by atoms with Gasteiger partial charge in [-0.15, -0.1) is 0 Å². The van der Waals surface area contributed by atoms with Gasteiger partial charge in [0, 0.05) is 12.7 Å². The fourth-order valence-electron chi connectivity index (χ4n) is 3.39. The van der Waals surface area contributed by atoms with Gasteiger partial charge in [0.2, 0.25) is 5.91 Å². The second-order valence-corrected chi connectivity index (χ2v) is 9.01. The minimum Gasteiger partial charge on any atom is -0.495 e. The van der Waals surface area contributed by atoms with Gasteiger partial charge in [0.25, 0.3) is 10.0 Å². The van der Waals surface area contributed by atoms with Crippen molar-refractivity contribution in [3.63, 3.8) is 0 Å². The highest BCUT2D eigenvalue weighted by atomic mass is 32.2. The third-order valence-electron chi connectivity index (χ3n) is 5.11. The van der Waals surface area contributed by atoms with Gasteiger partial charge in [-0.1, -0.05) is 36.4 Å². The number of anilines is 1. The minimum absolute atomic E-state index is 0.145. The highest BCUT2D eigenvalue weighted by Crippen LogP contribution is 2.33. The first-order valence-corrected chi connectivity index (χ1v) is 11.7. The summed E-state index contributed by atoms with van der Waals surface area (Å²) in [6.07, 6.45) is 1.66. The molecule has 8 heteroatoms. The number of carbonyl (C=O) groups is 1. The van der Waals surface area contributed by atoms with E-state index in [-0.39, 0.29) is 17.3 Å². The van der Waals surface area contributed by atoms with E-state index in [1.165, 1.54) is 7.11 Å². The van der Waals surface area contributed by atoms with Crippen LogP contribution in [0.3, 0.4) is 0 Å². The summed E-state index contributed by atoms with van der Waals surface area (Å²) in [6.45, 7) is 3.93. The second kappa shape index (κ2) is 10.3. The van der Waals surface area contributed by atoms with Crippen LogP contribution in [-0.4, -0.2) is 44.4 Å². The van der Waals surface area contributed by atoms with E-state index in [0.717, 1.165) is 10.00 Å². The van der Waals surface area contributed by atoms with Crippen LogP contribution < -0.4 is 9.04 Å². The van der Waals surface area contributed by atoms with Gasteiger partial charge in [0.1, 0.15) is 12.3 Å². The van der Waals surface area contributed by atoms with E-state index in [4.69, 9.17) is 4.74 Å². The molecule has 1 heterocycles. The number of rotatable bonds is 9. The maximum Gasteiger partial charge on any atom is 0.265 e. The fraction of sp³-hybridized carbons (Fsp3) is 0.250. The standard InChI is InChI=1S/C24H27N3O4S/c1-4-26(17-20-12-9-10-16-25-20)24(28)18-27(21-13-6-7-14-22(21)31-3)32(29,30)23-15-8-5-11-19(23)2/h5-16H,4,17-18H2,1-3H3. The average molecular weight is 454 g/mol. The van der Waals surface area contributed by atoms with Crippen molar-refractivity contribution in [2.75, 3.05) is 24.5 Å². The molecule has 3 aromatic rings. The molecule has 0 N–H and O–H groups in total. The molecule has 7 nitrogen and oxygen atoms in total. The summed E-state index contributed by atoms with van der Waals surface area (Å²) in [7, 11) is -2.57. The van der Waals surface area contributed by atoms with Crippen LogP contribution in [0.5, 0.6) is 5.75 Å². The third kappa shape index (κ3) is 5.08. The molecule has 32 heavy (non-hydrogen) atoms. The Kier molecular flexibility index (Phi) is 7.48. The van der Waals surface area contributed by atoms with Crippen LogP contribution in [0.25, 0.3) is 0 Å². The van der Waals surface area contributed by atoms with Gasteiger partial charge in [-0.25, -0.2) is 8.42 Å². The average Bonchev–Trinajstić information content (AvgIpc) is 2.81. The molecule has 2 aromatic carbocycles. The molecular weight excluding hydrogens is 426 g/mol. The van der Waals surface area contributed by atoms with Crippen LogP contribution in [-0.2, 0) is 21.4 Å². The molecular formula is C24H27N3O4S. The van der Waals surface area contributed by atoms with E-state index >= 15 is 0 Å². The van der Waals surface area contributed by atoms with E-state index in [1.54, 1.807) is 72.6 Å². The summed E-state index contributed by atoms with van der Waals surface area (Å²) in [6, 6.07) is 19.0. The minimum atomic E-state index is -4.04. The number of sulfonamides is 1. The molecule has 0 atom stereocenters. The highest BCUT2D eigenvalue weighted by Gasteiger charge is 2.31. The zero-order valence-electron chi connectivity index (χ0n) is 18.4. The molecule has 0 bridgehead atoms. The number of amides is 1. The molecule has 0 aliphatic carbocycles. The number of pyridine rings is 1. The molecule has 0 saturated carbocycles. The van der Waals surface area contributed by atoms with Gasteiger partial charge in [-0.05, 0) is 49.7 Å². The van der Waals surface area contributed by atoms with Gasteiger partial charge < -0.3 is 9.64 Å². The number of hydrogen-bond donors (Lipinski definition) is 0. The van der Waals surface area contributed by atoms with Crippen molar-refractivity contribution in [3.8, 4) is 5.75 Å². The number of aromatic nitrogens is 1.